The van der Waals surface area contributed by atoms with Gasteiger partial charge in [0.1, 0.15) is 5.75 Å². The summed E-state index contributed by atoms with van der Waals surface area (Å²) in [5.41, 5.74) is 1.29. The molecular weight excluding hydrogens is 468 g/mol. The number of methoxy groups -OCH3 is 1. The smallest absolute Gasteiger partial charge is 0.260 e. The van der Waals surface area contributed by atoms with Crippen LogP contribution >= 0.6 is 34.7 Å². The summed E-state index contributed by atoms with van der Waals surface area (Å²) in [5, 5.41) is 12.4. The minimum Gasteiger partial charge on any atom is -0.497 e. The Bertz CT molecular complexity index is 1110. The van der Waals surface area contributed by atoms with Crippen molar-refractivity contribution in [1.82, 2.24) is 15.1 Å². The van der Waals surface area contributed by atoms with E-state index in [1.807, 2.05) is 24.3 Å². The number of ether oxygens (including phenoxy) is 1. The Morgan fingerprint density at radius 1 is 1.22 bits per heavy atom. The fourth-order valence-electron chi connectivity index (χ4n) is 3.32. The zero-order valence-corrected chi connectivity index (χ0v) is 19.7. The van der Waals surface area contributed by atoms with Gasteiger partial charge in [0.15, 0.2) is 4.34 Å². The molecular formula is C22H21ClN4O3S2. The number of carbonyl (C=O) groups excluding carboxylic acids is 2. The van der Waals surface area contributed by atoms with Gasteiger partial charge in [0.25, 0.3) is 5.91 Å². The molecule has 10 heteroatoms. The predicted octanol–water partition coefficient (Wildman–Crippen LogP) is 5.26. The lowest BCUT2D eigenvalue weighted by Gasteiger charge is -2.22. The average molecular weight is 489 g/mol. The number of carbonyl (C=O) groups is 2. The molecule has 3 aromatic rings. The van der Waals surface area contributed by atoms with E-state index >= 15 is 0 Å². The van der Waals surface area contributed by atoms with Gasteiger partial charge in [-0.1, -0.05) is 47.2 Å². The Balaban J connectivity index is 1.44. The second-order valence-electron chi connectivity index (χ2n) is 7.13. The number of hydrogen-bond donors (Lipinski definition) is 1. The molecule has 0 bridgehead atoms. The number of imide groups is 1. The van der Waals surface area contributed by atoms with Gasteiger partial charge in [-0.2, -0.15) is 0 Å². The van der Waals surface area contributed by atoms with Crippen LogP contribution in [-0.2, 0) is 4.79 Å². The number of rotatable bonds is 6. The van der Waals surface area contributed by atoms with Gasteiger partial charge in [-0.05, 0) is 49.2 Å². The third-order valence-electron chi connectivity index (χ3n) is 4.95. The molecule has 1 aliphatic heterocycles. The van der Waals surface area contributed by atoms with Crippen LogP contribution in [0.4, 0.5) is 10.8 Å². The molecule has 0 radical (unpaired) electrons. The van der Waals surface area contributed by atoms with E-state index in [2.05, 4.69) is 15.5 Å². The maximum atomic E-state index is 13.2. The van der Waals surface area contributed by atoms with Crippen molar-refractivity contribution in [2.45, 2.75) is 28.9 Å². The Kier molecular flexibility index (Phi) is 7.29. The Morgan fingerprint density at radius 2 is 2.03 bits per heavy atom. The van der Waals surface area contributed by atoms with Crippen LogP contribution in [-0.4, -0.2) is 45.8 Å². The first-order valence-electron chi connectivity index (χ1n) is 10.1. The van der Waals surface area contributed by atoms with Crippen molar-refractivity contribution in [3.8, 4) is 5.75 Å². The topological polar surface area (TPSA) is 84.4 Å². The van der Waals surface area contributed by atoms with Crippen molar-refractivity contribution in [3.63, 3.8) is 0 Å². The second kappa shape index (κ2) is 10.3. The van der Waals surface area contributed by atoms with E-state index in [0.717, 1.165) is 24.3 Å². The molecule has 0 spiro atoms. The first-order chi connectivity index (χ1) is 15.5. The zero-order chi connectivity index (χ0) is 22.5. The van der Waals surface area contributed by atoms with Crippen LogP contribution < -0.4 is 10.1 Å². The summed E-state index contributed by atoms with van der Waals surface area (Å²) >= 11 is 8.65. The molecule has 1 fully saturated rings. The summed E-state index contributed by atoms with van der Waals surface area (Å²) in [6.07, 6.45) is 2.33. The zero-order valence-electron chi connectivity index (χ0n) is 17.3. The van der Waals surface area contributed by atoms with Gasteiger partial charge in [0.2, 0.25) is 11.0 Å². The largest absolute Gasteiger partial charge is 0.497 e. The summed E-state index contributed by atoms with van der Waals surface area (Å²) in [7, 11) is 1.61. The number of hydrogen-bond acceptors (Lipinski definition) is 8. The van der Waals surface area contributed by atoms with E-state index in [9.17, 15) is 9.59 Å². The van der Waals surface area contributed by atoms with E-state index in [1.54, 1.807) is 31.4 Å². The Labute approximate surface area is 199 Å². The van der Waals surface area contributed by atoms with E-state index in [1.165, 1.54) is 28.0 Å². The molecule has 2 heterocycles. The van der Waals surface area contributed by atoms with Crippen LogP contribution in [0.15, 0.2) is 52.9 Å². The van der Waals surface area contributed by atoms with Crippen molar-refractivity contribution < 1.29 is 14.3 Å². The molecule has 0 aliphatic carbocycles. The summed E-state index contributed by atoms with van der Waals surface area (Å²) in [6, 6.07) is 14.1. The van der Waals surface area contributed by atoms with Crippen molar-refractivity contribution in [3.05, 3.63) is 59.1 Å². The van der Waals surface area contributed by atoms with Crippen LogP contribution in [0.2, 0.25) is 5.02 Å². The Morgan fingerprint density at radius 3 is 2.81 bits per heavy atom. The standard InChI is InChI=1S/C22H21ClN4O3S2/c1-30-17-6-4-5-16(13-17)24-21-25-26-22(32-21)31-18-7-2-3-12-27(20(18)29)19(28)14-8-10-15(23)11-9-14/h4-6,8-11,13,18H,2-3,7,12H2,1H3,(H,24,25)/t18-/m1/s1. The highest BCUT2D eigenvalue weighted by atomic mass is 35.5. The average Bonchev–Trinajstić information content (AvgIpc) is 3.16. The van der Waals surface area contributed by atoms with Gasteiger partial charge < -0.3 is 10.1 Å². The Hall–Kier alpha value is -2.62. The molecule has 1 N–H and O–H groups in total. The molecule has 1 atom stereocenters. The van der Waals surface area contributed by atoms with Gasteiger partial charge in [0.05, 0.1) is 12.4 Å². The lowest BCUT2D eigenvalue weighted by molar-refractivity contribution is -0.127. The summed E-state index contributed by atoms with van der Waals surface area (Å²) in [4.78, 5) is 27.5. The maximum Gasteiger partial charge on any atom is 0.260 e. The molecule has 0 unspecified atom stereocenters. The SMILES string of the molecule is COc1cccc(Nc2nnc(S[C@@H]3CCCCN(C(=O)c4ccc(Cl)cc4)C3=O)s2)c1. The molecule has 7 nitrogen and oxygen atoms in total. The fourth-order valence-corrected chi connectivity index (χ4v) is 5.57. The van der Waals surface area contributed by atoms with Crippen LogP contribution in [0.1, 0.15) is 29.6 Å². The number of halogens is 1. The lowest BCUT2D eigenvalue weighted by Crippen LogP contribution is -2.41. The number of nitrogens with one attached hydrogen (secondary N) is 1. The van der Waals surface area contributed by atoms with Crippen LogP contribution in [0.3, 0.4) is 0 Å². The summed E-state index contributed by atoms with van der Waals surface area (Å²) < 4.78 is 5.91. The third-order valence-corrected chi connectivity index (χ3v) is 7.38. The quantitative estimate of drug-likeness (QED) is 0.474. The number of thioether (sulfide) groups is 1. The van der Waals surface area contributed by atoms with Gasteiger partial charge in [-0.3, -0.25) is 14.5 Å². The molecule has 32 heavy (non-hydrogen) atoms. The number of benzene rings is 2. The van der Waals surface area contributed by atoms with Crippen LogP contribution in [0.5, 0.6) is 5.75 Å². The third kappa shape index (κ3) is 5.40. The van der Waals surface area contributed by atoms with E-state index in [0.29, 0.717) is 33.0 Å². The molecule has 1 aliphatic rings. The normalized spacial score (nSPS) is 16.5. The van der Waals surface area contributed by atoms with E-state index in [4.69, 9.17) is 16.3 Å². The van der Waals surface area contributed by atoms with Gasteiger partial charge in [-0.15, -0.1) is 10.2 Å². The van der Waals surface area contributed by atoms with Crippen molar-refractivity contribution >= 4 is 57.3 Å². The molecule has 1 aromatic heterocycles. The van der Waals surface area contributed by atoms with Gasteiger partial charge >= 0.3 is 0 Å². The first-order valence-corrected chi connectivity index (χ1v) is 12.1. The predicted molar refractivity (Wildman–Crippen MR) is 127 cm³/mol. The minimum absolute atomic E-state index is 0.190. The van der Waals surface area contributed by atoms with Crippen LogP contribution in [0.25, 0.3) is 0 Å². The molecule has 4 rings (SSSR count). The van der Waals surface area contributed by atoms with Gasteiger partial charge in [0, 0.05) is 28.9 Å². The maximum absolute atomic E-state index is 13.2. The number of nitrogens with zero attached hydrogens (tertiary/aromatic N) is 3. The highest BCUT2D eigenvalue weighted by Crippen LogP contribution is 2.35. The van der Waals surface area contributed by atoms with E-state index in [-0.39, 0.29) is 17.1 Å². The summed E-state index contributed by atoms with van der Waals surface area (Å²) in [5.74, 6) is 0.255. The van der Waals surface area contributed by atoms with E-state index < -0.39 is 0 Å². The highest BCUT2D eigenvalue weighted by molar-refractivity contribution is 8.02. The molecule has 2 aromatic carbocycles. The number of anilines is 2. The number of amides is 2. The molecule has 0 saturated carbocycles. The van der Waals surface area contributed by atoms with Crippen molar-refractivity contribution in [2.24, 2.45) is 0 Å². The monoisotopic (exact) mass is 488 g/mol. The van der Waals surface area contributed by atoms with Crippen LogP contribution in [0, 0.1) is 0 Å². The molecule has 1 saturated heterocycles. The highest BCUT2D eigenvalue weighted by Gasteiger charge is 2.33. The lowest BCUT2D eigenvalue weighted by atomic mass is 10.2. The number of aromatic nitrogens is 2. The van der Waals surface area contributed by atoms with Gasteiger partial charge in [-0.25, -0.2) is 0 Å². The fraction of sp³-hybridized carbons (Fsp3) is 0.273. The summed E-state index contributed by atoms with van der Waals surface area (Å²) in [6.45, 7) is 0.413. The molecule has 166 valence electrons. The first kappa shape index (κ1) is 22.6. The minimum atomic E-state index is -0.383. The molecule has 2 amide bonds. The second-order valence-corrected chi connectivity index (χ2v) is 10.00. The number of likely N-dealkylation sites (tertiary alicyclic amines) is 1. The van der Waals surface area contributed by atoms with Crippen molar-refractivity contribution in [1.29, 1.82) is 0 Å². The van der Waals surface area contributed by atoms with Crippen molar-refractivity contribution in [2.75, 3.05) is 19.0 Å².